The first-order valence-electron chi connectivity index (χ1n) is 5.17. The van der Waals surface area contributed by atoms with Crippen molar-refractivity contribution in [2.45, 2.75) is 19.0 Å². The molecule has 1 aliphatic rings. The lowest BCUT2D eigenvalue weighted by Crippen LogP contribution is -2.30. The number of pyridine rings is 1. The van der Waals surface area contributed by atoms with Crippen LogP contribution in [0.1, 0.15) is 12.0 Å². The summed E-state index contributed by atoms with van der Waals surface area (Å²) in [6.45, 7) is 0.713. The Hall–Kier alpha value is -1.16. The molecular weight excluding hydrogens is 231 g/mol. The molecule has 3 nitrogen and oxygen atoms in total. The first-order chi connectivity index (χ1) is 7.66. The standard InChI is InChI=1S/C11H12ClFN2O/c12-10-6-14-3-1-8(10)5-11(16)15-4-2-9(13)7-15/h1,3,6,9H,2,4-5,7H2/t9-/m1/s1. The third kappa shape index (κ3) is 2.50. The molecule has 0 saturated carbocycles. The molecular formula is C11H12ClFN2O. The number of hydrogen-bond acceptors (Lipinski definition) is 2. The van der Waals surface area contributed by atoms with Crippen molar-refractivity contribution in [2.75, 3.05) is 13.1 Å². The number of amides is 1. The molecule has 0 bridgehead atoms. The van der Waals surface area contributed by atoms with Crippen molar-refractivity contribution in [2.24, 2.45) is 0 Å². The van der Waals surface area contributed by atoms with Gasteiger partial charge in [-0.3, -0.25) is 9.78 Å². The van der Waals surface area contributed by atoms with Crippen LogP contribution in [0.25, 0.3) is 0 Å². The van der Waals surface area contributed by atoms with Gasteiger partial charge in [-0.1, -0.05) is 11.6 Å². The van der Waals surface area contributed by atoms with Crippen molar-refractivity contribution in [3.8, 4) is 0 Å². The number of alkyl halides is 1. The SMILES string of the molecule is O=C(Cc1ccncc1Cl)N1CC[C@@H](F)C1. The van der Waals surface area contributed by atoms with Crippen molar-refractivity contribution < 1.29 is 9.18 Å². The summed E-state index contributed by atoms with van der Waals surface area (Å²) in [5, 5.41) is 0.479. The van der Waals surface area contributed by atoms with Crippen LogP contribution < -0.4 is 0 Å². The third-order valence-electron chi connectivity index (χ3n) is 2.68. The van der Waals surface area contributed by atoms with Crippen molar-refractivity contribution in [1.82, 2.24) is 9.88 Å². The van der Waals surface area contributed by atoms with Crippen LogP contribution in [-0.4, -0.2) is 35.1 Å². The Morgan fingerprint density at radius 1 is 1.69 bits per heavy atom. The van der Waals surface area contributed by atoms with E-state index in [1.54, 1.807) is 17.2 Å². The van der Waals surface area contributed by atoms with E-state index < -0.39 is 6.17 Å². The maximum atomic E-state index is 12.9. The second kappa shape index (κ2) is 4.78. The summed E-state index contributed by atoms with van der Waals surface area (Å²) in [6.07, 6.45) is 2.88. The lowest BCUT2D eigenvalue weighted by molar-refractivity contribution is -0.129. The topological polar surface area (TPSA) is 33.2 Å². The van der Waals surface area contributed by atoms with E-state index in [4.69, 9.17) is 11.6 Å². The molecule has 2 heterocycles. The number of likely N-dealkylation sites (tertiary alicyclic amines) is 1. The predicted octanol–water partition coefficient (Wildman–Crippen LogP) is 1.85. The molecule has 1 aliphatic heterocycles. The fraction of sp³-hybridized carbons (Fsp3) is 0.455. The quantitative estimate of drug-likeness (QED) is 0.793. The lowest BCUT2D eigenvalue weighted by Gasteiger charge is -2.15. The van der Waals surface area contributed by atoms with Crippen LogP contribution in [-0.2, 0) is 11.2 Å². The van der Waals surface area contributed by atoms with Gasteiger partial charge in [0, 0.05) is 18.9 Å². The van der Waals surface area contributed by atoms with Crippen LogP contribution in [0.4, 0.5) is 4.39 Å². The summed E-state index contributed by atoms with van der Waals surface area (Å²) >= 11 is 5.90. The number of hydrogen-bond donors (Lipinski definition) is 0. The maximum absolute atomic E-state index is 12.9. The molecule has 1 amide bonds. The zero-order valence-electron chi connectivity index (χ0n) is 8.70. The van der Waals surface area contributed by atoms with Gasteiger partial charge in [0.1, 0.15) is 6.17 Å². The summed E-state index contributed by atoms with van der Waals surface area (Å²) in [4.78, 5) is 17.2. The first kappa shape index (κ1) is 11.3. The average molecular weight is 243 g/mol. The Kier molecular flexibility index (Phi) is 3.39. The molecule has 0 aromatic carbocycles. The molecule has 86 valence electrons. The number of aromatic nitrogens is 1. The summed E-state index contributed by atoms with van der Waals surface area (Å²) in [5.41, 5.74) is 0.740. The monoisotopic (exact) mass is 242 g/mol. The number of carbonyl (C=O) groups is 1. The highest BCUT2D eigenvalue weighted by Gasteiger charge is 2.25. The van der Waals surface area contributed by atoms with Crippen molar-refractivity contribution in [1.29, 1.82) is 0 Å². The van der Waals surface area contributed by atoms with E-state index in [-0.39, 0.29) is 18.9 Å². The summed E-state index contributed by atoms with van der Waals surface area (Å²) in [7, 11) is 0. The van der Waals surface area contributed by atoms with Crippen LogP contribution in [0, 0.1) is 0 Å². The molecule has 0 N–H and O–H groups in total. The van der Waals surface area contributed by atoms with Gasteiger partial charge in [0.25, 0.3) is 0 Å². The summed E-state index contributed by atoms with van der Waals surface area (Å²) in [5.74, 6) is -0.0757. The molecule has 1 aromatic rings. The molecule has 1 fully saturated rings. The van der Waals surface area contributed by atoms with Crippen LogP contribution in [0.2, 0.25) is 5.02 Å². The van der Waals surface area contributed by atoms with E-state index in [2.05, 4.69) is 4.98 Å². The fourth-order valence-corrected chi connectivity index (χ4v) is 1.95. The lowest BCUT2D eigenvalue weighted by atomic mass is 10.2. The van der Waals surface area contributed by atoms with Gasteiger partial charge < -0.3 is 4.90 Å². The van der Waals surface area contributed by atoms with E-state index in [1.807, 2.05) is 0 Å². The minimum absolute atomic E-state index is 0.0757. The number of rotatable bonds is 2. The normalized spacial score (nSPS) is 20.1. The van der Waals surface area contributed by atoms with Crippen molar-refractivity contribution >= 4 is 17.5 Å². The number of nitrogens with zero attached hydrogens (tertiary/aromatic N) is 2. The Morgan fingerprint density at radius 3 is 3.12 bits per heavy atom. The molecule has 1 atom stereocenters. The third-order valence-corrected chi connectivity index (χ3v) is 3.02. The van der Waals surface area contributed by atoms with Gasteiger partial charge in [0.2, 0.25) is 5.91 Å². The van der Waals surface area contributed by atoms with Crippen LogP contribution in [0.3, 0.4) is 0 Å². The number of carbonyl (C=O) groups excluding carboxylic acids is 1. The van der Waals surface area contributed by atoms with Gasteiger partial charge in [0.05, 0.1) is 18.0 Å². The molecule has 2 rings (SSSR count). The summed E-state index contributed by atoms with van der Waals surface area (Å²) in [6, 6.07) is 1.71. The Labute approximate surface area is 98.2 Å². The minimum atomic E-state index is -0.878. The van der Waals surface area contributed by atoms with Crippen LogP contribution >= 0.6 is 11.6 Å². The van der Waals surface area contributed by atoms with Crippen LogP contribution in [0.5, 0.6) is 0 Å². The molecule has 0 spiro atoms. The van der Waals surface area contributed by atoms with E-state index >= 15 is 0 Å². The zero-order chi connectivity index (χ0) is 11.5. The molecule has 0 unspecified atom stereocenters. The summed E-state index contributed by atoms with van der Waals surface area (Å²) < 4.78 is 12.9. The van der Waals surface area contributed by atoms with Gasteiger partial charge in [0.15, 0.2) is 0 Å². The van der Waals surface area contributed by atoms with E-state index in [0.29, 0.717) is 18.0 Å². The Balaban J connectivity index is 2.00. The fourth-order valence-electron chi connectivity index (χ4n) is 1.77. The Bertz CT molecular complexity index is 399. The van der Waals surface area contributed by atoms with Crippen molar-refractivity contribution in [3.63, 3.8) is 0 Å². The zero-order valence-corrected chi connectivity index (χ0v) is 9.45. The van der Waals surface area contributed by atoms with Gasteiger partial charge in [-0.05, 0) is 18.1 Å². The molecule has 16 heavy (non-hydrogen) atoms. The molecule has 1 aromatic heterocycles. The van der Waals surface area contributed by atoms with Gasteiger partial charge in [-0.25, -0.2) is 4.39 Å². The first-order valence-corrected chi connectivity index (χ1v) is 5.55. The smallest absolute Gasteiger partial charge is 0.227 e. The minimum Gasteiger partial charge on any atom is -0.339 e. The van der Waals surface area contributed by atoms with Crippen molar-refractivity contribution in [3.05, 3.63) is 29.0 Å². The van der Waals surface area contributed by atoms with E-state index in [0.717, 1.165) is 5.56 Å². The number of halogens is 2. The molecule has 0 radical (unpaired) electrons. The highest BCUT2D eigenvalue weighted by atomic mass is 35.5. The van der Waals surface area contributed by atoms with E-state index in [9.17, 15) is 9.18 Å². The largest absolute Gasteiger partial charge is 0.339 e. The van der Waals surface area contributed by atoms with Gasteiger partial charge in [-0.2, -0.15) is 0 Å². The predicted molar refractivity (Wildman–Crippen MR) is 59.0 cm³/mol. The maximum Gasteiger partial charge on any atom is 0.227 e. The highest BCUT2D eigenvalue weighted by molar-refractivity contribution is 6.31. The average Bonchev–Trinajstić information content (AvgIpc) is 2.68. The van der Waals surface area contributed by atoms with Gasteiger partial charge in [-0.15, -0.1) is 0 Å². The highest BCUT2D eigenvalue weighted by Crippen LogP contribution is 2.17. The Morgan fingerprint density at radius 2 is 2.50 bits per heavy atom. The second-order valence-electron chi connectivity index (χ2n) is 3.87. The molecule has 0 aliphatic carbocycles. The molecule has 5 heteroatoms. The van der Waals surface area contributed by atoms with Gasteiger partial charge >= 0.3 is 0 Å². The second-order valence-corrected chi connectivity index (χ2v) is 4.28. The van der Waals surface area contributed by atoms with Crippen LogP contribution in [0.15, 0.2) is 18.5 Å². The van der Waals surface area contributed by atoms with E-state index in [1.165, 1.54) is 6.20 Å². The molecule has 1 saturated heterocycles.